The van der Waals surface area contributed by atoms with Gasteiger partial charge in [0.25, 0.3) is 5.91 Å². The molecular formula is C22H23FN2O5S2. The van der Waals surface area contributed by atoms with Crippen LogP contribution in [0.3, 0.4) is 0 Å². The average Bonchev–Trinajstić information content (AvgIpc) is 3.20. The summed E-state index contributed by atoms with van der Waals surface area (Å²) in [5, 5.41) is 0.139. The minimum absolute atomic E-state index is 0.00999. The van der Waals surface area contributed by atoms with Crippen molar-refractivity contribution in [3.63, 3.8) is 0 Å². The van der Waals surface area contributed by atoms with E-state index in [9.17, 15) is 17.6 Å². The van der Waals surface area contributed by atoms with Gasteiger partial charge in [0.2, 0.25) is 0 Å². The number of rotatable bonds is 5. The van der Waals surface area contributed by atoms with E-state index in [1.54, 1.807) is 42.2 Å². The predicted molar refractivity (Wildman–Crippen MR) is 123 cm³/mol. The number of nitrogens with zero attached hydrogens (tertiary/aromatic N) is 2. The molecule has 2 aromatic carbocycles. The van der Waals surface area contributed by atoms with Crippen LogP contribution < -0.4 is 14.4 Å². The van der Waals surface area contributed by atoms with Crippen LogP contribution in [0.25, 0.3) is 0 Å². The Morgan fingerprint density at radius 1 is 1.16 bits per heavy atom. The van der Waals surface area contributed by atoms with E-state index in [1.807, 2.05) is 0 Å². The van der Waals surface area contributed by atoms with Crippen LogP contribution in [0.1, 0.15) is 11.1 Å². The van der Waals surface area contributed by atoms with Crippen LogP contribution >= 0.6 is 11.8 Å². The molecule has 0 radical (unpaired) electrons. The molecule has 2 aliphatic heterocycles. The molecule has 2 atom stereocenters. The molecule has 4 rings (SSSR count). The van der Waals surface area contributed by atoms with Gasteiger partial charge in [-0.25, -0.2) is 12.8 Å². The second-order valence-corrected chi connectivity index (χ2v) is 11.1. The van der Waals surface area contributed by atoms with Gasteiger partial charge in [0.15, 0.2) is 26.5 Å². The van der Waals surface area contributed by atoms with Gasteiger partial charge in [-0.15, -0.1) is 0 Å². The molecule has 2 saturated heterocycles. The first-order valence-corrected chi connectivity index (χ1v) is 12.7. The van der Waals surface area contributed by atoms with Gasteiger partial charge in [-0.3, -0.25) is 4.79 Å². The minimum Gasteiger partial charge on any atom is -0.493 e. The molecule has 2 heterocycles. The number of methoxy groups -OCH3 is 2. The highest BCUT2D eigenvalue weighted by Crippen LogP contribution is 2.41. The number of anilines is 1. The molecule has 7 nitrogen and oxygen atoms in total. The zero-order valence-electron chi connectivity index (χ0n) is 17.9. The lowest BCUT2D eigenvalue weighted by atomic mass is 10.1. The topological polar surface area (TPSA) is 85.3 Å². The lowest BCUT2D eigenvalue weighted by molar-refractivity contribution is -0.117. The Bertz CT molecular complexity index is 1200. The number of amides is 1. The third-order valence-electron chi connectivity index (χ3n) is 5.52. The molecule has 0 aliphatic carbocycles. The summed E-state index contributed by atoms with van der Waals surface area (Å²) in [7, 11) is -0.150. The maximum atomic E-state index is 14.3. The summed E-state index contributed by atoms with van der Waals surface area (Å²) < 4.78 is 49.1. The van der Waals surface area contributed by atoms with Gasteiger partial charge in [-0.1, -0.05) is 23.9 Å². The molecule has 2 aliphatic rings. The van der Waals surface area contributed by atoms with E-state index in [2.05, 4.69) is 4.99 Å². The number of ether oxygens (including phenoxy) is 2. The fraction of sp³-hybridized carbons (Fsp3) is 0.364. The molecule has 0 bridgehead atoms. The molecule has 2 aromatic rings. The Kier molecular flexibility index (Phi) is 6.17. The number of benzene rings is 2. The second kappa shape index (κ2) is 8.74. The van der Waals surface area contributed by atoms with Crippen molar-refractivity contribution in [2.45, 2.75) is 24.6 Å². The van der Waals surface area contributed by atoms with Gasteiger partial charge < -0.3 is 14.4 Å². The third-order valence-corrected chi connectivity index (χ3v) is 8.73. The quantitative estimate of drug-likeness (QED) is 0.653. The Hall–Kier alpha value is -2.59. The number of fused-ring (bicyclic) bond motifs is 1. The van der Waals surface area contributed by atoms with E-state index in [4.69, 9.17) is 9.47 Å². The number of carbonyl (C=O) groups is 1. The van der Waals surface area contributed by atoms with Gasteiger partial charge in [-0.2, -0.15) is 4.99 Å². The number of carbonyl (C=O) groups excluding carboxylic acids is 1. The lowest BCUT2D eigenvalue weighted by Gasteiger charge is -2.24. The third kappa shape index (κ3) is 4.47. The summed E-state index contributed by atoms with van der Waals surface area (Å²) in [6.07, 6.45) is 0.0359. The van der Waals surface area contributed by atoms with Crippen LogP contribution in [0.15, 0.2) is 41.4 Å². The smallest absolute Gasteiger partial charge is 0.252 e. The molecule has 0 unspecified atom stereocenters. The molecule has 170 valence electrons. The van der Waals surface area contributed by atoms with E-state index in [0.717, 1.165) is 0 Å². The van der Waals surface area contributed by atoms with Gasteiger partial charge in [-0.05, 0) is 42.3 Å². The van der Waals surface area contributed by atoms with Gasteiger partial charge in [0, 0.05) is 10.9 Å². The number of aliphatic imine (C=N–C) groups is 1. The van der Waals surface area contributed by atoms with Crippen molar-refractivity contribution in [3.8, 4) is 11.5 Å². The number of aryl methyl sites for hydroxylation is 1. The normalized spacial score (nSPS) is 22.8. The fourth-order valence-corrected chi connectivity index (χ4v) is 7.84. The maximum Gasteiger partial charge on any atom is 0.252 e. The number of hydrogen-bond acceptors (Lipinski definition) is 6. The predicted octanol–water partition coefficient (Wildman–Crippen LogP) is 3.00. The van der Waals surface area contributed by atoms with Crippen LogP contribution in [0, 0.1) is 12.7 Å². The molecule has 32 heavy (non-hydrogen) atoms. The molecule has 1 amide bonds. The Balaban J connectivity index is 1.63. The number of sulfone groups is 1. The Morgan fingerprint density at radius 3 is 2.59 bits per heavy atom. The highest BCUT2D eigenvalue weighted by molar-refractivity contribution is 8.16. The minimum atomic E-state index is -3.20. The first-order valence-electron chi connectivity index (χ1n) is 9.95. The van der Waals surface area contributed by atoms with Crippen LogP contribution in [0.2, 0.25) is 0 Å². The zero-order valence-corrected chi connectivity index (χ0v) is 19.5. The van der Waals surface area contributed by atoms with Crippen molar-refractivity contribution >= 4 is 38.4 Å². The summed E-state index contributed by atoms with van der Waals surface area (Å²) in [4.78, 5) is 18.8. The van der Waals surface area contributed by atoms with Crippen molar-refractivity contribution in [2.24, 2.45) is 4.99 Å². The highest BCUT2D eigenvalue weighted by atomic mass is 32.2. The summed E-state index contributed by atoms with van der Waals surface area (Å²) in [6.45, 7) is 1.66. The van der Waals surface area contributed by atoms with E-state index in [0.29, 0.717) is 33.5 Å². The molecule has 0 saturated carbocycles. The van der Waals surface area contributed by atoms with E-state index in [-0.39, 0.29) is 35.1 Å². The van der Waals surface area contributed by atoms with E-state index < -0.39 is 15.7 Å². The molecule has 0 aromatic heterocycles. The van der Waals surface area contributed by atoms with Crippen LogP contribution in [0.4, 0.5) is 10.1 Å². The number of amidine groups is 1. The first-order chi connectivity index (χ1) is 15.2. The van der Waals surface area contributed by atoms with Gasteiger partial charge in [0.05, 0.1) is 38.2 Å². The van der Waals surface area contributed by atoms with Crippen LogP contribution in [0.5, 0.6) is 11.5 Å². The Labute approximate surface area is 190 Å². The number of halogens is 1. The van der Waals surface area contributed by atoms with Gasteiger partial charge >= 0.3 is 0 Å². The number of thioether (sulfide) groups is 1. The molecular weight excluding hydrogens is 455 g/mol. The largest absolute Gasteiger partial charge is 0.493 e. The summed E-state index contributed by atoms with van der Waals surface area (Å²) in [6, 6.07) is 9.52. The molecule has 10 heteroatoms. The summed E-state index contributed by atoms with van der Waals surface area (Å²) in [5.74, 6) is 0.243. The molecule has 2 fully saturated rings. The second-order valence-electron chi connectivity index (χ2n) is 7.76. The standard InChI is InChI=1S/C22H23FN2O5S2/c1-13-4-6-15(10-16(13)23)25-17-11-32(27,28)12-20(17)31-22(25)24-21(26)9-14-5-7-18(29-2)19(8-14)30-3/h4-8,10,17,20H,9,11-12H2,1-3H3/t17-,20+/m0/s1. The van der Waals surface area contributed by atoms with Crippen molar-refractivity contribution in [1.29, 1.82) is 0 Å². The van der Waals surface area contributed by atoms with Crippen molar-refractivity contribution < 1.29 is 27.1 Å². The van der Waals surface area contributed by atoms with Crippen molar-refractivity contribution in [1.82, 2.24) is 0 Å². The highest BCUT2D eigenvalue weighted by Gasteiger charge is 2.49. The van der Waals surface area contributed by atoms with E-state index >= 15 is 0 Å². The lowest BCUT2D eigenvalue weighted by Crippen LogP contribution is -2.37. The molecule has 0 N–H and O–H groups in total. The van der Waals surface area contributed by atoms with E-state index in [1.165, 1.54) is 32.0 Å². The fourth-order valence-electron chi connectivity index (χ4n) is 3.91. The summed E-state index contributed by atoms with van der Waals surface area (Å²) >= 11 is 1.26. The van der Waals surface area contributed by atoms with Crippen LogP contribution in [-0.2, 0) is 21.1 Å². The average molecular weight is 479 g/mol. The maximum absolute atomic E-state index is 14.3. The van der Waals surface area contributed by atoms with Crippen molar-refractivity contribution in [2.75, 3.05) is 30.6 Å². The number of hydrogen-bond donors (Lipinski definition) is 0. The summed E-state index contributed by atoms with van der Waals surface area (Å²) in [5.41, 5.74) is 1.68. The van der Waals surface area contributed by atoms with Gasteiger partial charge in [0.1, 0.15) is 5.82 Å². The zero-order chi connectivity index (χ0) is 23.0. The Morgan fingerprint density at radius 2 is 1.91 bits per heavy atom. The van der Waals surface area contributed by atoms with Crippen LogP contribution in [-0.4, -0.2) is 56.5 Å². The van der Waals surface area contributed by atoms with Crippen molar-refractivity contribution in [3.05, 3.63) is 53.3 Å². The SMILES string of the molecule is COc1ccc(CC(=O)N=C2S[C@@H]3CS(=O)(=O)C[C@@H]3N2c2ccc(C)c(F)c2)cc1OC. The first kappa shape index (κ1) is 22.6. The molecule has 0 spiro atoms. The monoisotopic (exact) mass is 478 g/mol.